The highest BCUT2D eigenvalue weighted by Crippen LogP contribution is 2.35. The summed E-state index contributed by atoms with van der Waals surface area (Å²) in [5, 5.41) is 36.7. The van der Waals surface area contributed by atoms with Crippen LogP contribution in [0.25, 0.3) is 55.2 Å². The second-order valence-electron chi connectivity index (χ2n) is 28.6. The lowest BCUT2D eigenvalue weighted by Crippen LogP contribution is -2.52. The van der Waals surface area contributed by atoms with E-state index in [1.807, 2.05) is 102 Å². The molecule has 1 aliphatic rings. The fourth-order valence-electron chi connectivity index (χ4n) is 11.1. The van der Waals surface area contributed by atoms with Crippen LogP contribution in [0.4, 0.5) is 27.0 Å². The number of anilines is 3. The van der Waals surface area contributed by atoms with E-state index in [0.29, 0.717) is 90.1 Å². The minimum absolute atomic E-state index is 0.209. The van der Waals surface area contributed by atoms with Crippen molar-refractivity contribution in [3.05, 3.63) is 231 Å². The largest absolute Gasteiger partial charge is 0.711 e. The lowest BCUT2D eigenvalue weighted by atomic mass is 10.1. The van der Waals surface area contributed by atoms with Gasteiger partial charge in [-0.25, -0.2) is 77.6 Å². The number of nitrogens with two attached hydrogens (primary N) is 1. The van der Waals surface area contributed by atoms with Gasteiger partial charge in [-0.1, -0.05) is 18.2 Å². The Hall–Kier alpha value is -14.6. The number of hydrogen-bond donors (Lipinski definition) is 8. The summed E-state index contributed by atoms with van der Waals surface area (Å²) < 4.78 is 47.1. The number of carbonyl (C=O) groups is 8. The molecule has 0 aromatic carbocycles. The molecule has 9 N–H and O–H groups in total. The van der Waals surface area contributed by atoms with Crippen molar-refractivity contribution in [3.8, 4) is 0 Å². The quantitative estimate of drug-likeness (QED) is 0.0175. The molecule has 0 fully saturated rings. The standard InChI is InChI=1S/C11H14N2O3.C11H12N2O3.2C11H12N2O2.C10H10N2O3.C10H10N2O2.C10H18O5.C7H10N2.C6H8N2.C2H6O/c1-3-16-10(14)11(15)7-8-5-4-6-12-9(8)13(11)2;1-3-16-11(14)9-7-8-5-4-6-13(15)10(8)12(9)2;1-3-15-11(14)9-6-8-5-4-7(2)12-10(8)13-9;1-3-15-11(14)9-7-8-5-4-6-12-10(8)13(9)2;1-2-15-10(14)7-5-6-3-4-8(13)12-9(6)11-7;1-2-14-10(13)8-6-7-4-3-5-11-9(7)12-8;1-9(2,3)14-7(11)13-8(12)15-10(4,5)6;1-6-4-3-5-9-7(6)8-2;1-5-3-2-4-8-6(5)7;1-2-3/h4-6,15H,3,7H2,1-2H3;4-7H,3H2,1-2H3;4-6H,3H2,1-2H3,(H,12,13);4-7H,3H2,1-2H3;3-5H,2H2,1H3,(H2,11,12,13);3-6H,2H2,1H3,(H,11,12);1-6H3;3-5H,1-2H3,(H,8,9);2-4H,1H3,(H2,7,8);3H,2H2,1H3. The number of aromatic nitrogens is 13. The van der Waals surface area contributed by atoms with E-state index in [9.17, 15) is 53.5 Å². The Kier molecular flexibility index (Phi) is 40.0. The van der Waals surface area contributed by atoms with Crippen LogP contribution in [0.15, 0.2) is 169 Å². The van der Waals surface area contributed by atoms with Crippen LogP contribution in [0.5, 0.6) is 0 Å². The van der Waals surface area contributed by atoms with E-state index < -0.39 is 47.1 Å². The van der Waals surface area contributed by atoms with Crippen molar-refractivity contribution in [1.29, 1.82) is 0 Å². The summed E-state index contributed by atoms with van der Waals surface area (Å²) in [6.45, 7) is 30.4. The van der Waals surface area contributed by atoms with Crippen LogP contribution in [0.3, 0.4) is 0 Å². The predicted octanol–water partition coefficient (Wildman–Crippen LogP) is 13.2. The molecule has 0 radical (unpaired) electrons. The van der Waals surface area contributed by atoms with E-state index in [4.69, 9.17) is 48.7 Å². The van der Waals surface area contributed by atoms with E-state index in [0.717, 1.165) is 65.6 Å². The molecule has 0 aliphatic carbocycles. The zero-order chi connectivity index (χ0) is 93.6. The lowest BCUT2D eigenvalue weighted by Gasteiger charge is -2.28. The first kappa shape index (κ1) is 102. The van der Waals surface area contributed by atoms with Gasteiger partial charge in [-0.2, -0.15) is 0 Å². The maximum Gasteiger partial charge on any atom is 0.519 e. The number of pyridine rings is 8. The highest BCUT2D eigenvalue weighted by molar-refractivity contribution is 5.97. The average molecular weight is 1740 g/mol. The number of aryl methyl sites for hydroxylation is 5. The number of nitrogen functional groups attached to an aromatic ring is 1. The fraction of sp³-hybridized carbons (Fsp3) is 0.348. The van der Waals surface area contributed by atoms with Crippen molar-refractivity contribution in [1.82, 2.24) is 59.0 Å². The number of fused-ring (bicyclic) bond motifs is 6. The molecule has 0 spiro atoms. The number of nitrogens with one attached hydrogen (secondary N) is 5. The molecule has 37 heteroatoms. The molecule has 0 bridgehead atoms. The minimum Gasteiger partial charge on any atom is -0.711 e. The Bertz CT molecular complexity index is 5740. The Balaban J connectivity index is 0.000000252. The average Bonchev–Trinajstić information content (AvgIpc) is 1.61. The van der Waals surface area contributed by atoms with Crippen molar-refractivity contribution in [2.24, 2.45) is 14.1 Å². The van der Waals surface area contributed by atoms with E-state index in [2.05, 4.69) is 59.9 Å². The maximum atomic E-state index is 11.7. The molecule has 1 atom stereocenters. The third kappa shape index (κ3) is 31.1. The van der Waals surface area contributed by atoms with Gasteiger partial charge in [-0.05, 0) is 219 Å². The van der Waals surface area contributed by atoms with E-state index in [-0.39, 0.29) is 43.1 Å². The number of aliphatic hydroxyl groups is 2. The van der Waals surface area contributed by atoms with Gasteiger partial charge < -0.3 is 98.5 Å². The van der Waals surface area contributed by atoms with Gasteiger partial charge in [0.25, 0.3) is 5.65 Å². The van der Waals surface area contributed by atoms with Gasteiger partial charge in [0.15, 0.2) is 0 Å². The van der Waals surface area contributed by atoms with Crippen LogP contribution >= 0.6 is 0 Å². The molecule has 1 aliphatic heterocycles. The lowest BCUT2D eigenvalue weighted by molar-refractivity contribution is -0.580. The predicted molar refractivity (Wildman–Crippen MR) is 474 cm³/mol. The molecule has 674 valence electrons. The van der Waals surface area contributed by atoms with Crippen molar-refractivity contribution < 1.29 is 95.9 Å². The Morgan fingerprint density at radius 3 is 1.47 bits per heavy atom. The molecular weight excluding hydrogens is 1630 g/mol. The minimum atomic E-state index is -1.62. The molecule has 0 saturated carbocycles. The van der Waals surface area contributed by atoms with Crippen LogP contribution in [-0.2, 0) is 67.9 Å². The summed E-state index contributed by atoms with van der Waals surface area (Å²) in [4.78, 5) is 139. The number of ether oxygens (including phenoxy) is 9. The Morgan fingerprint density at radius 2 is 0.976 bits per heavy atom. The number of rotatable bonds is 13. The third-order valence-corrected chi connectivity index (χ3v) is 16.7. The number of likely N-dealkylation sites (N-methyl/N-ethyl adjacent to an activating group) is 1. The molecule has 14 heterocycles. The molecular formula is C89H112N16O21. The zero-order valence-electron chi connectivity index (χ0n) is 74.4. The van der Waals surface area contributed by atoms with Gasteiger partial charge in [0.05, 0.1) is 58.3 Å². The fourth-order valence-corrected chi connectivity index (χ4v) is 11.1. The van der Waals surface area contributed by atoms with Gasteiger partial charge in [0, 0.05) is 110 Å². The number of aliphatic hydroxyl groups excluding tert-OH is 1. The summed E-state index contributed by atoms with van der Waals surface area (Å²) in [6, 6.07) is 37.8. The summed E-state index contributed by atoms with van der Waals surface area (Å²) >= 11 is 0. The van der Waals surface area contributed by atoms with Crippen LogP contribution < -0.4 is 26.2 Å². The number of aromatic amines is 4. The molecule has 13 aromatic heterocycles. The highest BCUT2D eigenvalue weighted by atomic mass is 16.8. The summed E-state index contributed by atoms with van der Waals surface area (Å²) in [7, 11) is 6.98. The normalized spacial score (nSPS) is 12.0. The van der Waals surface area contributed by atoms with Gasteiger partial charge in [-0.3, -0.25) is 4.79 Å². The van der Waals surface area contributed by atoms with Crippen molar-refractivity contribution in [2.45, 2.75) is 134 Å². The molecule has 1 unspecified atom stereocenters. The molecule has 14 rings (SSSR count). The number of hydrogen-bond acceptors (Lipinski definition) is 30. The monoisotopic (exact) mass is 1740 g/mol. The highest BCUT2D eigenvalue weighted by Gasteiger charge is 2.48. The van der Waals surface area contributed by atoms with Gasteiger partial charge in [-0.15, -0.1) is 0 Å². The molecule has 37 nitrogen and oxygen atoms in total. The Labute approximate surface area is 727 Å². The van der Waals surface area contributed by atoms with Crippen molar-refractivity contribution in [2.75, 3.05) is 76.3 Å². The van der Waals surface area contributed by atoms with Crippen LogP contribution in [-0.4, -0.2) is 195 Å². The first-order chi connectivity index (χ1) is 59.7. The first-order valence-electron chi connectivity index (χ1n) is 39.9. The second kappa shape index (κ2) is 49.5. The van der Waals surface area contributed by atoms with Crippen molar-refractivity contribution in [3.63, 3.8) is 0 Å². The molecule has 126 heavy (non-hydrogen) atoms. The number of carbonyl (C=O) groups excluding carboxylic acids is 8. The topological polar surface area (TPSA) is 496 Å². The summed E-state index contributed by atoms with van der Waals surface area (Å²) in [6.07, 6.45) is 7.97. The Morgan fingerprint density at radius 1 is 0.524 bits per heavy atom. The maximum absolute atomic E-state index is 11.7. The van der Waals surface area contributed by atoms with Crippen LogP contribution in [0.1, 0.15) is 165 Å². The molecule has 13 aromatic rings. The van der Waals surface area contributed by atoms with Gasteiger partial charge >= 0.3 is 48.1 Å². The number of esters is 6. The smallest absolute Gasteiger partial charge is 0.519 e. The first-order valence-corrected chi connectivity index (χ1v) is 39.9. The second-order valence-corrected chi connectivity index (χ2v) is 28.6. The number of H-pyrrole nitrogens is 4. The van der Waals surface area contributed by atoms with E-state index in [1.54, 1.807) is 199 Å². The van der Waals surface area contributed by atoms with Crippen molar-refractivity contribution >= 4 is 121 Å². The van der Waals surface area contributed by atoms with E-state index >= 15 is 0 Å². The zero-order valence-corrected chi connectivity index (χ0v) is 74.4. The summed E-state index contributed by atoms with van der Waals surface area (Å²) in [5.41, 5.74) is 11.5. The SMILES string of the molecule is CC(C)(C)OC(=O)OC(=O)OC(C)(C)C.CCO.CCOC(=O)C1(O)Cc2cccnc2N1C.CCOC(=O)c1cc2ccc(=O)[nH]c2[nH]1.CCOC(=O)c1cc2ccc(C)nc2[nH]1.CCOC(=O)c1cc2ccc[n+]([O-])c2n1C.CCOC(=O)c1cc2cccnc2[nH]1.CCOC(=O)c1cc2cccnc2n1C.CNc1ncccc1C.Cc1cccnc1N. The van der Waals surface area contributed by atoms with E-state index in [1.165, 1.54) is 22.7 Å². The van der Waals surface area contributed by atoms with Gasteiger partial charge in [0.2, 0.25) is 17.0 Å². The number of nitrogens with zero attached hydrogens (tertiary/aromatic N) is 10. The molecule has 0 amide bonds. The third-order valence-electron chi connectivity index (χ3n) is 16.7. The molecule has 0 saturated heterocycles. The summed E-state index contributed by atoms with van der Waals surface area (Å²) in [5.74, 6) is -0.258. The van der Waals surface area contributed by atoms with Gasteiger partial charge in [0.1, 0.15) is 74.0 Å². The van der Waals surface area contributed by atoms with Crippen LogP contribution in [0.2, 0.25) is 0 Å². The van der Waals surface area contributed by atoms with Crippen LogP contribution in [0, 0.1) is 26.0 Å².